The number of fused-ring (bicyclic) bond motifs is 1. The van der Waals surface area contributed by atoms with Crippen molar-refractivity contribution in [2.24, 2.45) is 10.9 Å². The maximum atomic E-state index is 13.2. The van der Waals surface area contributed by atoms with Gasteiger partial charge in [0, 0.05) is 30.3 Å². The molecule has 0 spiro atoms. The molecule has 2 aromatic carbocycles. The molecule has 1 fully saturated rings. The van der Waals surface area contributed by atoms with Crippen LogP contribution in [0.2, 0.25) is 0 Å². The summed E-state index contributed by atoms with van der Waals surface area (Å²) in [5.41, 5.74) is 2.39. The van der Waals surface area contributed by atoms with Crippen molar-refractivity contribution < 1.29 is 23.5 Å². The molecule has 0 bridgehead atoms. The Labute approximate surface area is 202 Å². The Balaban J connectivity index is 1.48. The van der Waals surface area contributed by atoms with E-state index in [1.165, 1.54) is 24.3 Å². The van der Waals surface area contributed by atoms with Gasteiger partial charge in [0.25, 0.3) is 5.91 Å². The maximum absolute atomic E-state index is 13.2. The predicted molar refractivity (Wildman–Crippen MR) is 130 cm³/mol. The Morgan fingerprint density at radius 1 is 1.11 bits per heavy atom. The summed E-state index contributed by atoms with van der Waals surface area (Å²) in [4.78, 5) is 44.8. The molecule has 182 valence electrons. The third-order valence-electron chi connectivity index (χ3n) is 6.04. The number of amidine groups is 1. The summed E-state index contributed by atoms with van der Waals surface area (Å²) < 4.78 is 18.4. The molecular formula is C26H27FN4O4. The molecule has 2 aliphatic heterocycles. The van der Waals surface area contributed by atoms with E-state index >= 15 is 0 Å². The van der Waals surface area contributed by atoms with Crippen molar-refractivity contribution in [1.82, 2.24) is 10.2 Å². The number of piperidine rings is 1. The SMILES string of the molecule is CCOC(=O)C1=C(C)Nc2ccccc2N=C1NC(=O)C1CCN(C(=O)c2ccc(F)cc2)CC1. The largest absolute Gasteiger partial charge is 0.462 e. The van der Waals surface area contributed by atoms with E-state index in [9.17, 15) is 18.8 Å². The van der Waals surface area contributed by atoms with Crippen LogP contribution >= 0.6 is 0 Å². The van der Waals surface area contributed by atoms with Gasteiger partial charge in [0.05, 0.1) is 18.0 Å². The van der Waals surface area contributed by atoms with Crippen LogP contribution in [-0.2, 0) is 14.3 Å². The number of para-hydroxylation sites is 2. The lowest BCUT2D eigenvalue weighted by Crippen LogP contribution is -2.45. The van der Waals surface area contributed by atoms with Crippen LogP contribution in [0, 0.1) is 11.7 Å². The molecule has 2 aliphatic rings. The Hall–Kier alpha value is -4.01. The van der Waals surface area contributed by atoms with Crippen LogP contribution in [0.5, 0.6) is 0 Å². The maximum Gasteiger partial charge on any atom is 0.343 e. The number of allylic oxidation sites excluding steroid dienone is 1. The molecule has 0 radical (unpaired) electrons. The van der Waals surface area contributed by atoms with Crippen molar-refractivity contribution in [2.45, 2.75) is 26.7 Å². The molecule has 0 aliphatic carbocycles. The zero-order chi connectivity index (χ0) is 24.9. The second-order valence-corrected chi connectivity index (χ2v) is 8.39. The number of esters is 1. The Morgan fingerprint density at radius 2 is 1.80 bits per heavy atom. The summed E-state index contributed by atoms with van der Waals surface area (Å²) in [7, 11) is 0. The number of carbonyl (C=O) groups is 3. The highest BCUT2D eigenvalue weighted by Crippen LogP contribution is 2.30. The van der Waals surface area contributed by atoms with E-state index in [0.717, 1.165) is 0 Å². The molecule has 2 heterocycles. The monoisotopic (exact) mass is 478 g/mol. The Morgan fingerprint density at radius 3 is 2.49 bits per heavy atom. The van der Waals surface area contributed by atoms with Gasteiger partial charge in [-0.1, -0.05) is 12.1 Å². The molecule has 2 N–H and O–H groups in total. The fraction of sp³-hybridized carbons (Fsp3) is 0.308. The van der Waals surface area contributed by atoms with Crippen LogP contribution in [0.3, 0.4) is 0 Å². The lowest BCUT2D eigenvalue weighted by atomic mass is 9.95. The summed E-state index contributed by atoms with van der Waals surface area (Å²) in [6.07, 6.45) is 0.913. The number of amides is 2. The van der Waals surface area contributed by atoms with Crippen molar-refractivity contribution >= 4 is 35.0 Å². The number of nitrogens with one attached hydrogen (secondary N) is 2. The van der Waals surface area contributed by atoms with Crippen molar-refractivity contribution in [2.75, 3.05) is 25.0 Å². The average Bonchev–Trinajstić information content (AvgIpc) is 2.99. The van der Waals surface area contributed by atoms with E-state index in [4.69, 9.17) is 4.74 Å². The molecule has 0 aromatic heterocycles. The molecule has 1 saturated heterocycles. The van der Waals surface area contributed by atoms with Crippen LogP contribution in [0.25, 0.3) is 0 Å². The van der Waals surface area contributed by atoms with Crippen LogP contribution in [0.1, 0.15) is 37.0 Å². The Kier molecular flexibility index (Phi) is 7.24. The van der Waals surface area contributed by atoms with E-state index in [1.54, 1.807) is 24.8 Å². The summed E-state index contributed by atoms with van der Waals surface area (Å²) in [5, 5.41) is 6.02. The van der Waals surface area contributed by atoms with Gasteiger partial charge in [-0.2, -0.15) is 0 Å². The quantitative estimate of drug-likeness (QED) is 0.652. The van der Waals surface area contributed by atoms with Gasteiger partial charge in [-0.25, -0.2) is 14.2 Å². The number of hydrogen-bond acceptors (Lipinski definition) is 6. The molecule has 35 heavy (non-hydrogen) atoms. The van der Waals surface area contributed by atoms with E-state index in [2.05, 4.69) is 15.6 Å². The minimum absolute atomic E-state index is 0.133. The number of carbonyl (C=O) groups excluding carboxylic acids is 3. The first kappa shape index (κ1) is 24.1. The standard InChI is InChI=1S/C26H27FN4O4/c1-3-35-26(34)22-16(2)28-20-6-4-5-7-21(20)29-23(22)30-24(32)17-12-14-31(15-13-17)25(33)18-8-10-19(27)11-9-18/h4-11,17,28H,3,12-15H2,1-2H3,(H,29,30,32). The summed E-state index contributed by atoms with van der Waals surface area (Å²) in [6.45, 7) is 4.42. The summed E-state index contributed by atoms with van der Waals surface area (Å²) in [5.74, 6) is -1.67. The first-order chi connectivity index (χ1) is 16.9. The average molecular weight is 479 g/mol. The van der Waals surface area contributed by atoms with Crippen molar-refractivity contribution in [3.63, 3.8) is 0 Å². The third-order valence-corrected chi connectivity index (χ3v) is 6.04. The first-order valence-corrected chi connectivity index (χ1v) is 11.6. The van der Waals surface area contributed by atoms with E-state index < -0.39 is 11.8 Å². The summed E-state index contributed by atoms with van der Waals surface area (Å²) >= 11 is 0. The van der Waals surface area contributed by atoms with Gasteiger partial charge < -0.3 is 20.3 Å². The van der Waals surface area contributed by atoms with Crippen molar-refractivity contribution in [3.05, 3.63) is 71.2 Å². The number of halogens is 1. The predicted octanol–water partition coefficient (Wildman–Crippen LogP) is 3.79. The molecule has 0 saturated carbocycles. The van der Waals surface area contributed by atoms with Gasteiger partial charge in [0.15, 0.2) is 0 Å². The molecule has 0 atom stereocenters. The highest BCUT2D eigenvalue weighted by atomic mass is 19.1. The molecule has 8 nitrogen and oxygen atoms in total. The molecule has 0 unspecified atom stereocenters. The van der Waals surface area contributed by atoms with E-state index in [0.29, 0.717) is 48.6 Å². The Bertz CT molecular complexity index is 1200. The summed E-state index contributed by atoms with van der Waals surface area (Å²) in [6, 6.07) is 12.7. The zero-order valence-electron chi connectivity index (χ0n) is 19.6. The van der Waals surface area contributed by atoms with Gasteiger partial charge in [0.1, 0.15) is 17.2 Å². The number of anilines is 1. The number of rotatable bonds is 4. The van der Waals surface area contributed by atoms with E-state index in [-0.39, 0.29) is 35.7 Å². The van der Waals surface area contributed by atoms with Gasteiger partial charge >= 0.3 is 5.97 Å². The third kappa shape index (κ3) is 5.40. The smallest absolute Gasteiger partial charge is 0.343 e. The van der Waals surface area contributed by atoms with Crippen LogP contribution in [0.4, 0.5) is 15.8 Å². The fourth-order valence-corrected chi connectivity index (χ4v) is 4.18. The topological polar surface area (TPSA) is 100 Å². The number of ether oxygens (including phenoxy) is 1. The normalized spacial score (nSPS) is 16.0. The second-order valence-electron chi connectivity index (χ2n) is 8.39. The fourth-order valence-electron chi connectivity index (χ4n) is 4.18. The van der Waals surface area contributed by atoms with Crippen LogP contribution in [0.15, 0.2) is 64.8 Å². The van der Waals surface area contributed by atoms with Crippen molar-refractivity contribution in [1.29, 1.82) is 0 Å². The van der Waals surface area contributed by atoms with Gasteiger partial charge in [-0.05, 0) is 63.1 Å². The molecular weight excluding hydrogens is 451 g/mol. The van der Waals surface area contributed by atoms with Gasteiger partial charge in [-0.15, -0.1) is 0 Å². The molecule has 9 heteroatoms. The van der Waals surface area contributed by atoms with Crippen molar-refractivity contribution in [3.8, 4) is 0 Å². The number of likely N-dealkylation sites (tertiary alicyclic amines) is 1. The lowest BCUT2D eigenvalue weighted by Gasteiger charge is -2.31. The number of hydrogen-bond donors (Lipinski definition) is 2. The van der Waals surface area contributed by atoms with Crippen LogP contribution < -0.4 is 10.6 Å². The van der Waals surface area contributed by atoms with Gasteiger partial charge in [0.2, 0.25) is 5.91 Å². The first-order valence-electron chi connectivity index (χ1n) is 11.6. The minimum Gasteiger partial charge on any atom is -0.462 e. The number of aliphatic imine (C=N–C) groups is 1. The highest BCUT2D eigenvalue weighted by molar-refractivity contribution is 6.24. The highest BCUT2D eigenvalue weighted by Gasteiger charge is 2.31. The lowest BCUT2D eigenvalue weighted by molar-refractivity contribution is -0.137. The molecule has 4 rings (SSSR count). The minimum atomic E-state index is -0.580. The number of benzene rings is 2. The number of nitrogens with zero attached hydrogens (tertiary/aromatic N) is 2. The van der Waals surface area contributed by atoms with Gasteiger partial charge in [-0.3, -0.25) is 9.59 Å². The van der Waals surface area contributed by atoms with E-state index in [1.807, 2.05) is 18.2 Å². The van der Waals surface area contributed by atoms with Crippen LogP contribution in [-0.4, -0.2) is 48.2 Å². The zero-order valence-corrected chi connectivity index (χ0v) is 19.6. The molecule has 2 amide bonds. The molecule has 2 aromatic rings. The second kappa shape index (κ2) is 10.5.